The van der Waals surface area contributed by atoms with Crippen LogP contribution in [0.25, 0.3) is 17.2 Å². The number of carboxylic acids is 1. The van der Waals surface area contributed by atoms with Gasteiger partial charge >= 0.3 is 5.97 Å². The van der Waals surface area contributed by atoms with E-state index in [2.05, 4.69) is 60.7 Å². The summed E-state index contributed by atoms with van der Waals surface area (Å²) >= 11 is 5.96. The molecule has 0 radical (unpaired) electrons. The Labute approximate surface area is 194 Å². The van der Waals surface area contributed by atoms with Gasteiger partial charge in [-0.25, -0.2) is 0 Å². The summed E-state index contributed by atoms with van der Waals surface area (Å²) in [6.45, 7) is 4.08. The SMILES string of the molecule is CC1=C(CC(=O)O)c2cc(C)ccc2/C1=C\c1ccc(CCCc2ccc(Cl)cc2)cc1. The highest BCUT2D eigenvalue weighted by atomic mass is 35.5. The van der Waals surface area contributed by atoms with Crippen LogP contribution in [-0.2, 0) is 17.6 Å². The second-order valence-corrected chi connectivity index (χ2v) is 8.94. The van der Waals surface area contributed by atoms with Crippen molar-refractivity contribution in [3.63, 3.8) is 0 Å². The van der Waals surface area contributed by atoms with E-state index in [4.69, 9.17) is 11.6 Å². The summed E-state index contributed by atoms with van der Waals surface area (Å²) in [5.41, 5.74) is 10.2. The van der Waals surface area contributed by atoms with E-state index in [0.717, 1.165) is 63.3 Å². The Kier molecular flexibility index (Phi) is 6.62. The first-order valence-corrected chi connectivity index (χ1v) is 11.4. The number of benzene rings is 3. The number of hydrogen-bond acceptors (Lipinski definition) is 1. The molecule has 3 aromatic carbocycles. The van der Waals surface area contributed by atoms with Crippen molar-refractivity contribution in [2.75, 3.05) is 0 Å². The average Bonchev–Trinajstić information content (AvgIpc) is 3.01. The molecule has 32 heavy (non-hydrogen) atoms. The maximum atomic E-state index is 11.4. The summed E-state index contributed by atoms with van der Waals surface area (Å²) in [5.74, 6) is -0.795. The van der Waals surface area contributed by atoms with Gasteiger partial charge in [-0.3, -0.25) is 4.79 Å². The van der Waals surface area contributed by atoms with Gasteiger partial charge in [0.25, 0.3) is 0 Å². The molecule has 0 fully saturated rings. The van der Waals surface area contributed by atoms with Crippen molar-refractivity contribution in [1.29, 1.82) is 0 Å². The van der Waals surface area contributed by atoms with E-state index < -0.39 is 5.97 Å². The summed E-state index contributed by atoms with van der Waals surface area (Å²) < 4.78 is 0. The fraction of sp³-hybridized carbons (Fsp3) is 0.207. The van der Waals surface area contributed by atoms with Crippen LogP contribution in [0.2, 0.25) is 5.02 Å². The normalized spacial score (nSPS) is 14.2. The van der Waals surface area contributed by atoms with E-state index in [0.29, 0.717) is 0 Å². The molecule has 1 aliphatic carbocycles. The second kappa shape index (κ2) is 9.58. The lowest BCUT2D eigenvalue weighted by atomic mass is 9.98. The Morgan fingerprint density at radius 3 is 2.12 bits per heavy atom. The minimum absolute atomic E-state index is 0.0478. The molecule has 0 heterocycles. The van der Waals surface area contributed by atoms with Crippen molar-refractivity contribution in [3.8, 4) is 0 Å². The lowest BCUT2D eigenvalue weighted by molar-refractivity contribution is -0.135. The molecule has 4 rings (SSSR count). The van der Waals surface area contributed by atoms with E-state index in [9.17, 15) is 9.90 Å². The number of fused-ring (bicyclic) bond motifs is 1. The molecule has 0 amide bonds. The number of aryl methyl sites for hydroxylation is 3. The number of aliphatic carboxylic acids is 1. The molecule has 1 aliphatic rings. The van der Waals surface area contributed by atoms with E-state index >= 15 is 0 Å². The van der Waals surface area contributed by atoms with Gasteiger partial charge in [0.2, 0.25) is 0 Å². The number of rotatable bonds is 7. The summed E-state index contributed by atoms with van der Waals surface area (Å²) in [6, 6.07) is 23.1. The highest BCUT2D eigenvalue weighted by Gasteiger charge is 2.25. The standard InChI is InChI=1S/C29H27ClO2/c1-19-6-15-25-26(20(2)27(18-29(31)32)28(25)16-19)17-23-9-7-21(8-10-23)4-3-5-22-11-13-24(30)14-12-22/h6-17H,3-5,18H2,1-2H3,(H,31,32)/b26-17-. The lowest BCUT2D eigenvalue weighted by Crippen LogP contribution is -1.97. The molecule has 2 nitrogen and oxygen atoms in total. The highest BCUT2D eigenvalue weighted by Crippen LogP contribution is 2.43. The zero-order chi connectivity index (χ0) is 22.7. The lowest BCUT2D eigenvalue weighted by Gasteiger charge is -2.07. The molecule has 1 N–H and O–H groups in total. The van der Waals surface area contributed by atoms with E-state index in [1.807, 2.05) is 26.0 Å². The van der Waals surface area contributed by atoms with Gasteiger partial charge in [-0.05, 0) is 95.9 Å². The van der Waals surface area contributed by atoms with Gasteiger partial charge in [0.1, 0.15) is 0 Å². The third-order valence-electron chi connectivity index (χ3n) is 6.11. The maximum absolute atomic E-state index is 11.4. The quantitative estimate of drug-likeness (QED) is 0.408. The first-order chi connectivity index (χ1) is 15.4. The Hall–Kier alpha value is -3.10. The molecule has 3 aromatic rings. The van der Waals surface area contributed by atoms with E-state index in [1.165, 1.54) is 11.1 Å². The van der Waals surface area contributed by atoms with Crippen LogP contribution in [0.5, 0.6) is 0 Å². The van der Waals surface area contributed by atoms with Crippen LogP contribution in [0.15, 0.2) is 72.3 Å². The zero-order valence-corrected chi connectivity index (χ0v) is 19.2. The van der Waals surface area contributed by atoms with Crippen molar-refractivity contribution >= 4 is 34.8 Å². The highest BCUT2D eigenvalue weighted by molar-refractivity contribution is 6.30. The average molecular weight is 443 g/mol. The second-order valence-electron chi connectivity index (χ2n) is 8.50. The summed E-state index contributed by atoms with van der Waals surface area (Å²) in [6.07, 6.45) is 5.38. The van der Waals surface area contributed by atoms with Crippen LogP contribution in [0.1, 0.15) is 53.1 Å². The molecule has 3 heteroatoms. The minimum Gasteiger partial charge on any atom is -0.481 e. The smallest absolute Gasteiger partial charge is 0.307 e. The van der Waals surface area contributed by atoms with E-state index in [-0.39, 0.29) is 6.42 Å². The Morgan fingerprint density at radius 2 is 1.50 bits per heavy atom. The van der Waals surface area contributed by atoms with Gasteiger partial charge in [-0.15, -0.1) is 0 Å². The van der Waals surface area contributed by atoms with Crippen molar-refractivity contribution in [2.24, 2.45) is 0 Å². The molecular weight excluding hydrogens is 416 g/mol. The Morgan fingerprint density at radius 1 is 0.875 bits per heavy atom. The number of carboxylic acid groups (broad SMARTS) is 1. The van der Waals surface area contributed by atoms with Crippen LogP contribution in [0, 0.1) is 6.92 Å². The fourth-order valence-electron chi connectivity index (χ4n) is 4.37. The Balaban J connectivity index is 1.50. The number of carbonyl (C=O) groups is 1. The summed E-state index contributed by atoms with van der Waals surface area (Å²) in [4.78, 5) is 11.4. The third kappa shape index (κ3) is 5.03. The fourth-order valence-corrected chi connectivity index (χ4v) is 4.50. The molecule has 0 aliphatic heterocycles. The zero-order valence-electron chi connectivity index (χ0n) is 18.5. The number of hydrogen-bond donors (Lipinski definition) is 1. The topological polar surface area (TPSA) is 37.3 Å². The van der Waals surface area contributed by atoms with Gasteiger partial charge in [0.15, 0.2) is 0 Å². The van der Waals surface area contributed by atoms with Crippen LogP contribution >= 0.6 is 11.6 Å². The number of halogens is 1. The molecule has 0 aromatic heterocycles. The predicted octanol–water partition coefficient (Wildman–Crippen LogP) is 7.63. The van der Waals surface area contributed by atoms with Crippen molar-refractivity contribution in [1.82, 2.24) is 0 Å². The largest absolute Gasteiger partial charge is 0.481 e. The number of allylic oxidation sites excluding steroid dienone is 2. The molecular formula is C29H27ClO2. The predicted molar refractivity (Wildman–Crippen MR) is 134 cm³/mol. The molecule has 162 valence electrons. The molecule has 0 saturated heterocycles. The van der Waals surface area contributed by atoms with E-state index in [1.54, 1.807) is 0 Å². The van der Waals surface area contributed by atoms with Crippen LogP contribution < -0.4 is 0 Å². The maximum Gasteiger partial charge on any atom is 0.307 e. The summed E-state index contributed by atoms with van der Waals surface area (Å²) in [5, 5.41) is 10.2. The molecule has 0 atom stereocenters. The van der Waals surface area contributed by atoms with Crippen LogP contribution in [0.3, 0.4) is 0 Å². The van der Waals surface area contributed by atoms with Crippen molar-refractivity contribution < 1.29 is 9.90 Å². The molecule has 0 saturated carbocycles. The van der Waals surface area contributed by atoms with Crippen molar-refractivity contribution in [3.05, 3.63) is 111 Å². The van der Waals surface area contributed by atoms with Gasteiger partial charge in [-0.2, -0.15) is 0 Å². The minimum atomic E-state index is -0.795. The van der Waals surface area contributed by atoms with Gasteiger partial charge in [0, 0.05) is 5.02 Å². The molecule has 0 unspecified atom stereocenters. The van der Waals surface area contributed by atoms with Crippen LogP contribution in [0.4, 0.5) is 0 Å². The first kappa shape index (κ1) is 22.1. The monoisotopic (exact) mass is 442 g/mol. The van der Waals surface area contributed by atoms with Crippen LogP contribution in [-0.4, -0.2) is 11.1 Å². The Bertz CT molecular complexity index is 1200. The van der Waals surface area contributed by atoms with Gasteiger partial charge in [0.05, 0.1) is 6.42 Å². The van der Waals surface area contributed by atoms with Gasteiger partial charge in [-0.1, -0.05) is 71.8 Å². The molecule has 0 spiro atoms. The summed E-state index contributed by atoms with van der Waals surface area (Å²) in [7, 11) is 0. The van der Waals surface area contributed by atoms with Gasteiger partial charge < -0.3 is 5.11 Å². The van der Waals surface area contributed by atoms with Crippen molar-refractivity contribution in [2.45, 2.75) is 39.5 Å². The first-order valence-electron chi connectivity index (χ1n) is 11.0. The third-order valence-corrected chi connectivity index (χ3v) is 6.36. The molecule has 0 bridgehead atoms.